The minimum atomic E-state index is -4.31. The highest BCUT2D eigenvalue weighted by molar-refractivity contribution is 5.81. The largest absolute Gasteiger partial charge is 0.411 e. The maximum atomic E-state index is 12.1. The Morgan fingerprint density at radius 3 is 2.75 bits per heavy atom. The summed E-state index contributed by atoms with van der Waals surface area (Å²) in [6, 6.07) is -0.686. The van der Waals surface area contributed by atoms with Crippen LogP contribution in [0.15, 0.2) is 0 Å². The van der Waals surface area contributed by atoms with E-state index in [1.165, 1.54) is 0 Å². The van der Waals surface area contributed by atoms with Crippen molar-refractivity contribution >= 4 is 5.91 Å². The second kappa shape index (κ2) is 7.83. The maximum absolute atomic E-state index is 12.1. The van der Waals surface area contributed by atoms with Crippen LogP contribution in [0, 0.1) is 0 Å². The molecule has 1 aliphatic carbocycles. The van der Waals surface area contributed by atoms with Gasteiger partial charge in [-0.1, -0.05) is 13.3 Å². The van der Waals surface area contributed by atoms with Gasteiger partial charge in [0.1, 0.15) is 6.61 Å². The summed E-state index contributed by atoms with van der Waals surface area (Å²) in [7, 11) is 0. The first-order valence-corrected chi connectivity index (χ1v) is 7.06. The predicted molar refractivity (Wildman–Crippen MR) is 69.1 cm³/mol. The maximum Gasteiger partial charge on any atom is 0.411 e. The van der Waals surface area contributed by atoms with Gasteiger partial charge in [0.15, 0.2) is 0 Å². The zero-order valence-corrected chi connectivity index (χ0v) is 11.7. The van der Waals surface area contributed by atoms with Gasteiger partial charge >= 0.3 is 6.18 Å². The van der Waals surface area contributed by atoms with Gasteiger partial charge in [-0.3, -0.25) is 4.79 Å². The normalized spacial score (nSPS) is 25.2. The molecule has 1 amide bonds. The van der Waals surface area contributed by atoms with E-state index in [4.69, 9.17) is 10.5 Å². The Bertz CT molecular complexity index is 310. The van der Waals surface area contributed by atoms with E-state index in [-0.39, 0.29) is 11.9 Å². The molecule has 0 aromatic carbocycles. The highest BCUT2D eigenvalue weighted by Gasteiger charge is 2.31. The van der Waals surface area contributed by atoms with Gasteiger partial charge in [0.05, 0.1) is 12.1 Å². The Morgan fingerprint density at radius 1 is 1.45 bits per heavy atom. The van der Waals surface area contributed by atoms with Gasteiger partial charge in [0, 0.05) is 6.04 Å². The van der Waals surface area contributed by atoms with E-state index in [9.17, 15) is 18.0 Å². The number of nitrogens with one attached hydrogen (secondary N) is 1. The molecule has 3 atom stereocenters. The fourth-order valence-corrected chi connectivity index (χ4v) is 2.39. The summed E-state index contributed by atoms with van der Waals surface area (Å²) in [6.07, 6.45) is -0.807. The van der Waals surface area contributed by atoms with Gasteiger partial charge in [-0.15, -0.1) is 0 Å². The third kappa shape index (κ3) is 6.56. The van der Waals surface area contributed by atoms with E-state index in [1.54, 1.807) is 0 Å². The topological polar surface area (TPSA) is 64.4 Å². The quantitative estimate of drug-likeness (QED) is 0.789. The van der Waals surface area contributed by atoms with E-state index < -0.39 is 24.9 Å². The number of carbonyl (C=O) groups is 1. The van der Waals surface area contributed by atoms with Crippen LogP contribution >= 0.6 is 0 Å². The molecule has 0 saturated heterocycles. The summed E-state index contributed by atoms with van der Waals surface area (Å²) in [5.41, 5.74) is 5.70. The first-order chi connectivity index (χ1) is 9.31. The van der Waals surface area contributed by atoms with Crippen molar-refractivity contribution in [1.29, 1.82) is 0 Å². The molecular formula is C13H23F3N2O2. The summed E-state index contributed by atoms with van der Waals surface area (Å²) < 4.78 is 41.2. The van der Waals surface area contributed by atoms with Crippen LogP contribution in [-0.4, -0.2) is 36.9 Å². The molecule has 0 heterocycles. The molecule has 3 unspecified atom stereocenters. The summed E-state index contributed by atoms with van der Waals surface area (Å²) in [5.74, 6) is -0.228. The molecule has 4 nitrogen and oxygen atoms in total. The van der Waals surface area contributed by atoms with Gasteiger partial charge < -0.3 is 15.8 Å². The fraction of sp³-hybridized carbons (Fsp3) is 0.923. The number of alkyl halides is 3. The van der Waals surface area contributed by atoms with Gasteiger partial charge in [-0.25, -0.2) is 0 Å². The number of hydrogen-bond donors (Lipinski definition) is 2. The number of rotatable bonds is 6. The minimum absolute atomic E-state index is 0.141. The summed E-state index contributed by atoms with van der Waals surface area (Å²) in [4.78, 5) is 11.8. The molecule has 118 valence electrons. The Morgan fingerprint density at radius 2 is 2.15 bits per heavy atom. The van der Waals surface area contributed by atoms with E-state index in [0.29, 0.717) is 19.3 Å². The van der Waals surface area contributed by atoms with E-state index >= 15 is 0 Å². The monoisotopic (exact) mass is 296 g/mol. The second-order valence-corrected chi connectivity index (χ2v) is 5.32. The van der Waals surface area contributed by atoms with E-state index in [2.05, 4.69) is 5.32 Å². The number of ether oxygens (including phenoxy) is 1. The van der Waals surface area contributed by atoms with Crippen LogP contribution < -0.4 is 11.1 Å². The average molecular weight is 296 g/mol. The van der Waals surface area contributed by atoms with Crippen molar-refractivity contribution in [1.82, 2.24) is 5.32 Å². The number of hydrogen-bond acceptors (Lipinski definition) is 3. The second-order valence-electron chi connectivity index (χ2n) is 5.32. The van der Waals surface area contributed by atoms with Crippen LogP contribution in [0.2, 0.25) is 0 Å². The number of carbonyl (C=O) groups excluding carboxylic acids is 1. The molecule has 7 heteroatoms. The molecule has 0 radical (unpaired) electrons. The Hall–Kier alpha value is -0.820. The standard InChI is InChI=1S/C13H23F3N2O2/c1-2-4-11(17)12(19)18-9-5-3-6-10(7-9)20-8-13(14,15)16/h9-11H,2-8,17H2,1H3,(H,18,19). The van der Waals surface area contributed by atoms with Gasteiger partial charge in [0.2, 0.25) is 5.91 Å². The van der Waals surface area contributed by atoms with E-state index in [1.807, 2.05) is 6.92 Å². The Balaban J connectivity index is 2.35. The molecule has 0 bridgehead atoms. The third-order valence-corrected chi connectivity index (χ3v) is 3.39. The SMILES string of the molecule is CCCC(N)C(=O)NC1CCCC(OCC(F)(F)F)C1. The van der Waals surface area contributed by atoms with Crippen LogP contribution in [0.3, 0.4) is 0 Å². The molecule has 0 aromatic heterocycles. The van der Waals surface area contributed by atoms with Crippen molar-refractivity contribution in [3.63, 3.8) is 0 Å². The lowest BCUT2D eigenvalue weighted by molar-refractivity contribution is -0.188. The van der Waals surface area contributed by atoms with Crippen LogP contribution in [-0.2, 0) is 9.53 Å². The van der Waals surface area contributed by atoms with Gasteiger partial charge in [0.25, 0.3) is 0 Å². The summed E-state index contributed by atoms with van der Waals surface area (Å²) in [6.45, 7) is 0.711. The van der Waals surface area contributed by atoms with Crippen molar-refractivity contribution in [2.45, 2.75) is 69.8 Å². The number of amides is 1. The van der Waals surface area contributed by atoms with Crippen molar-refractivity contribution < 1.29 is 22.7 Å². The third-order valence-electron chi connectivity index (χ3n) is 3.39. The molecule has 20 heavy (non-hydrogen) atoms. The lowest BCUT2D eigenvalue weighted by Gasteiger charge is -2.30. The zero-order valence-electron chi connectivity index (χ0n) is 11.7. The highest BCUT2D eigenvalue weighted by atomic mass is 19.4. The van der Waals surface area contributed by atoms with Gasteiger partial charge in [-0.2, -0.15) is 13.2 Å². The molecule has 3 N–H and O–H groups in total. The van der Waals surface area contributed by atoms with Crippen molar-refractivity contribution in [2.24, 2.45) is 5.73 Å². The minimum Gasteiger partial charge on any atom is -0.369 e. The number of halogens is 3. The van der Waals surface area contributed by atoms with Crippen LogP contribution in [0.1, 0.15) is 45.4 Å². The van der Waals surface area contributed by atoms with Crippen LogP contribution in [0.25, 0.3) is 0 Å². The predicted octanol–water partition coefficient (Wildman–Crippen LogP) is 2.12. The Kier molecular flexibility index (Phi) is 6.75. The molecule has 0 aromatic rings. The first-order valence-electron chi connectivity index (χ1n) is 7.06. The molecule has 1 fully saturated rings. The average Bonchev–Trinajstić information content (AvgIpc) is 2.36. The lowest BCUT2D eigenvalue weighted by atomic mass is 9.92. The molecule has 1 aliphatic rings. The fourth-order valence-electron chi connectivity index (χ4n) is 2.39. The summed E-state index contributed by atoms with van der Waals surface area (Å²) in [5, 5.41) is 2.81. The van der Waals surface area contributed by atoms with Gasteiger partial charge in [-0.05, 0) is 32.1 Å². The molecular weight excluding hydrogens is 273 g/mol. The molecule has 0 aliphatic heterocycles. The molecule has 0 spiro atoms. The summed E-state index contributed by atoms with van der Waals surface area (Å²) >= 11 is 0. The van der Waals surface area contributed by atoms with Crippen molar-refractivity contribution in [2.75, 3.05) is 6.61 Å². The van der Waals surface area contributed by atoms with Crippen molar-refractivity contribution in [3.05, 3.63) is 0 Å². The molecule has 1 saturated carbocycles. The Labute approximate surface area is 117 Å². The number of nitrogens with two attached hydrogens (primary N) is 1. The lowest BCUT2D eigenvalue weighted by Crippen LogP contribution is -2.47. The van der Waals surface area contributed by atoms with E-state index in [0.717, 1.165) is 19.3 Å². The van der Waals surface area contributed by atoms with Crippen LogP contribution in [0.5, 0.6) is 0 Å². The highest BCUT2D eigenvalue weighted by Crippen LogP contribution is 2.24. The smallest absolute Gasteiger partial charge is 0.369 e. The van der Waals surface area contributed by atoms with Crippen molar-refractivity contribution in [3.8, 4) is 0 Å². The van der Waals surface area contributed by atoms with Crippen LogP contribution in [0.4, 0.5) is 13.2 Å². The zero-order chi connectivity index (χ0) is 15.2. The molecule has 1 rings (SSSR count). The first kappa shape index (κ1) is 17.2.